The molecule has 0 bridgehead atoms. The molecule has 0 aromatic rings. The highest BCUT2D eigenvalue weighted by atomic mass is 16.2. The number of hydrogen-bond acceptors (Lipinski definition) is 3. The molecule has 0 spiro atoms. The van der Waals surface area contributed by atoms with E-state index in [1.165, 1.54) is 0 Å². The molecule has 1 saturated heterocycles. The van der Waals surface area contributed by atoms with E-state index >= 15 is 0 Å². The minimum Gasteiger partial charge on any atom is -0.349 e. The molecule has 0 aliphatic carbocycles. The van der Waals surface area contributed by atoms with Crippen LogP contribution in [-0.4, -0.2) is 55.5 Å². The Bertz CT molecular complexity index is 208. The molecule has 1 aliphatic heterocycles. The summed E-state index contributed by atoms with van der Waals surface area (Å²) in [7, 11) is 3.66. The van der Waals surface area contributed by atoms with Gasteiger partial charge in [0.2, 0.25) is 5.91 Å². The highest BCUT2D eigenvalue weighted by Crippen LogP contribution is 2.18. The van der Waals surface area contributed by atoms with E-state index in [0.717, 1.165) is 32.5 Å². The number of amides is 1. The summed E-state index contributed by atoms with van der Waals surface area (Å²) in [6.45, 7) is 4.98. The van der Waals surface area contributed by atoms with Crippen LogP contribution < -0.4 is 5.73 Å². The zero-order valence-electron chi connectivity index (χ0n) is 10.1. The first kappa shape index (κ1) is 12.5. The zero-order chi connectivity index (χ0) is 11.4. The molecule has 15 heavy (non-hydrogen) atoms. The van der Waals surface area contributed by atoms with E-state index in [2.05, 4.69) is 4.90 Å². The minimum absolute atomic E-state index is 0.226. The first-order valence-electron chi connectivity index (χ1n) is 5.69. The number of rotatable bonds is 3. The maximum atomic E-state index is 11.7. The van der Waals surface area contributed by atoms with E-state index in [4.69, 9.17) is 5.73 Å². The molecule has 4 nitrogen and oxygen atoms in total. The summed E-state index contributed by atoms with van der Waals surface area (Å²) >= 11 is 0. The molecule has 4 heteroatoms. The smallest absolute Gasteiger partial charge is 0.225 e. The molecule has 2 N–H and O–H groups in total. The molecule has 1 aliphatic rings. The normalized spacial score (nSPS) is 21.3. The van der Waals surface area contributed by atoms with Gasteiger partial charge in [0.05, 0.1) is 0 Å². The fourth-order valence-corrected chi connectivity index (χ4v) is 2.13. The average molecular weight is 213 g/mol. The summed E-state index contributed by atoms with van der Waals surface area (Å²) in [5.74, 6) is 0.500. The maximum absolute atomic E-state index is 11.7. The number of nitrogens with zero attached hydrogens (tertiary/aromatic N) is 2. The monoisotopic (exact) mass is 213 g/mol. The van der Waals surface area contributed by atoms with Gasteiger partial charge in [0, 0.05) is 32.6 Å². The van der Waals surface area contributed by atoms with Crippen molar-refractivity contribution in [1.29, 1.82) is 0 Å². The Morgan fingerprint density at radius 3 is 2.40 bits per heavy atom. The lowest BCUT2D eigenvalue weighted by molar-refractivity contribution is -0.134. The van der Waals surface area contributed by atoms with Crippen molar-refractivity contribution in [3.8, 4) is 0 Å². The van der Waals surface area contributed by atoms with Crippen LogP contribution in [0.2, 0.25) is 0 Å². The summed E-state index contributed by atoms with van der Waals surface area (Å²) in [4.78, 5) is 15.8. The fourth-order valence-electron chi connectivity index (χ4n) is 2.13. The lowest BCUT2D eigenvalue weighted by Crippen LogP contribution is -2.43. The Balaban J connectivity index is 2.32. The predicted molar refractivity (Wildman–Crippen MR) is 61.5 cm³/mol. The van der Waals surface area contributed by atoms with Gasteiger partial charge in [-0.2, -0.15) is 0 Å². The van der Waals surface area contributed by atoms with Crippen molar-refractivity contribution in [2.75, 3.05) is 33.7 Å². The molecule has 1 unspecified atom stereocenters. The Labute approximate surface area is 92.4 Å². The van der Waals surface area contributed by atoms with Gasteiger partial charge in [-0.1, -0.05) is 0 Å². The first-order valence-corrected chi connectivity index (χ1v) is 5.69. The van der Waals surface area contributed by atoms with E-state index in [-0.39, 0.29) is 17.9 Å². The fraction of sp³-hybridized carbons (Fsp3) is 0.909. The third kappa shape index (κ3) is 3.80. The number of hydrogen-bond donors (Lipinski definition) is 1. The Morgan fingerprint density at radius 1 is 1.47 bits per heavy atom. The molecular formula is C11H23N3O. The first-order chi connectivity index (χ1) is 7.00. The van der Waals surface area contributed by atoms with Crippen LogP contribution in [0.3, 0.4) is 0 Å². The summed E-state index contributed by atoms with van der Waals surface area (Å²) < 4.78 is 0. The molecule has 88 valence electrons. The summed E-state index contributed by atoms with van der Waals surface area (Å²) in [6.07, 6.45) is 1.95. The third-order valence-electron chi connectivity index (χ3n) is 2.92. The van der Waals surface area contributed by atoms with Gasteiger partial charge in [-0.15, -0.1) is 0 Å². The quantitative estimate of drug-likeness (QED) is 0.725. The third-order valence-corrected chi connectivity index (χ3v) is 2.92. The van der Waals surface area contributed by atoms with Crippen LogP contribution in [0.15, 0.2) is 0 Å². The van der Waals surface area contributed by atoms with Gasteiger partial charge >= 0.3 is 0 Å². The summed E-state index contributed by atoms with van der Waals surface area (Å²) in [5, 5.41) is 0. The molecule has 1 amide bonds. The second-order valence-corrected chi connectivity index (χ2v) is 4.78. The van der Waals surface area contributed by atoms with Crippen molar-refractivity contribution >= 4 is 5.91 Å². The zero-order valence-corrected chi connectivity index (χ0v) is 10.1. The number of carbonyl (C=O) groups is 1. The van der Waals surface area contributed by atoms with Crippen LogP contribution in [-0.2, 0) is 4.79 Å². The molecule has 1 atom stereocenters. The van der Waals surface area contributed by atoms with Gasteiger partial charge in [0.25, 0.3) is 0 Å². The highest BCUT2D eigenvalue weighted by Gasteiger charge is 2.25. The van der Waals surface area contributed by atoms with Gasteiger partial charge in [-0.3, -0.25) is 4.79 Å². The molecule has 1 fully saturated rings. The molecular weight excluding hydrogens is 190 g/mol. The topological polar surface area (TPSA) is 49.6 Å². The number of nitrogens with two attached hydrogens (primary N) is 1. The number of likely N-dealkylation sites (tertiary alicyclic amines) is 1. The lowest BCUT2D eigenvalue weighted by Gasteiger charge is -2.33. The van der Waals surface area contributed by atoms with E-state index in [1.807, 2.05) is 21.0 Å². The van der Waals surface area contributed by atoms with Crippen LogP contribution in [0.25, 0.3) is 0 Å². The van der Waals surface area contributed by atoms with E-state index < -0.39 is 0 Å². The van der Waals surface area contributed by atoms with Gasteiger partial charge in [0.15, 0.2) is 0 Å². The number of piperidine rings is 1. The van der Waals surface area contributed by atoms with Crippen LogP contribution in [0, 0.1) is 5.92 Å². The van der Waals surface area contributed by atoms with Crippen LogP contribution in [0.4, 0.5) is 0 Å². The maximum Gasteiger partial charge on any atom is 0.225 e. The van der Waals surface area contributed by atoms with E-state index in [0.29, 0.717) is 0 Å². The van der Waals surface area contributed by atoms with Gasteiger partial charge < -0.3 is 15.5 Å². The van der Waals surface area contributed by atoms with Crippen molar-refractivity contribution in [2.24, 2.45) is 11.7 Å². The predicted octanol–water partition coefficient (Wildman–Crippen LogP) is 0.134. The van der Waals surface area contributed by atoms with E-state index in [9.17, 15) is 4.79 Å². The van der Waals surface area contributed by atoms with Crippen molar-refractivity contribution in [1.82, 2.24) is 9.80 Å². The van der Waals surface area contributed by atoms with Crippen molar-refractivity contribution in [3.05, 3.63) is 0 Å². The Hall–Kier alpha value is -0.610. The van der Waals surface area contributed by atoms with Crippen molar-refractivity contribution < 1.29 is 4.79 Å². The van der Waals surface area contributed by atoms with Crippen molar-refractivity contribution in [3.63, 3.8) is 0 Å². The second kappa shape index (κ2) is 5.47. The second-order valence-electron chi connectivity index (χ2n) is 4.78. The van der Waals surface area contributed by atoms with Crippen LogP contribution >= 0.6 is 0 Å². The molecule has 0 radical (unpaired) electrons. The van der Waals surface area contributed by atoms with Gasteiger partial charge in [-0.05, 0) is 32.9 Å². The lowest BCUT2D eigenvalue weighted by atomic mass is 9.95. The van der Waals surface area contributed by atoms with E-state index in [1.54, 1.807) is 4.90 Å². The van der Waals surface area contributed by atoms with Crippen LogP contribution in [0.5, 0.6) is 0 Å². The summed E-state index contributed by atoms with van der Waals surface area (Å²) in [5.41, 5.74) is 5.75. The molecule has 0 saturated carbocycles. The SMILES string of the molecule is CC(N)CN1CCC(C(=O)N(C)C)CC1. The molecule has 1 heterocycles. The number of carbonyl (C=O) groups excluding carboxylic acids is 1. The highest BCUT2D eigenvalue weighted by molar-refractivity contribution is 5.78. The average Bonchev–Trinajstić information content (AvgIpc) is 2.17. The van der Waals surface area contributed by atoms with Gasteiger partial charge in [-0.25, -0.2) is 0 Å². The molecule has 1 rings (SSSR count). The minimum atomic E-state index is 0.226. The molecule has 0 aromatic carbocycles. The van der Waals surface area contributed by atoms with Gasteiger partial charge in [0.1, 0.15) is 0 Å². The Morgan fingerprint density at radius 2 is 2.00 bits per heavy atom. The Kier molecular flexibility index (Phi) is 4.54. The van der Waals surface area contributed by atoms with Crippen LogP contribution in [0.1, 0.15) is 19.8 Å². The van der Waals surface area contributed by atoms with Crippen molar-refractivity contribution in [2.45, 2.75) is 25.8 Å². The molecule has 0 aromatic heterocycles. The summed E-state index contributed by atoms with van der Waals surface area (Å²) in [6, 6.07) is 0.228. The standard InChI is InChI=1S/C11H23N3O/c1-9(12)8-14-6-4-10(5-7-14)11(15)13(2)3/h9-10H,4-8,12H2,1-3H3. The largest absolute Gasteiger partial charge is 0.349 e.